The minimum atomic E-state index is -1.59. The summed E-state index contributed by atoms with van der Waals surface area (Å²) < 4.78 is 36.4. The lowest BCUT2D eigenvalue weighted by Crippen LogP contribution is -2.59. The van der Waals surface area contributed by atoms with Crippen molar-refractivity contribution in [3.63, 3.8) is 0 Å². The van der Waals surface area contributed by atoms with Gasteiger partial charge in [0.1, 0.15) is 35.5 Å². The molecule has 3 saturated heterocycles. The second kappa shape index (κ2) is 18.7. The van der Waals surface area contributed by atoms with Crippen LogP contribution < -0.4 is 5.73 Å². The van der Waals surface area contributed by atoms with Crippen molar-refractivity contribution >= 4 is 29.3 Å². The Morgan fingerprint density at radius 1 is 1.05 bits per heavy atom. The summed E-state index contributed by atoms with van der Waals surface area (Å²) in [6, 6.07) is 2.94. The first-order valence-electron chi connectivity index (χ1n) is 20.6. The van der Waals surface area contributed by atoms with Crippen molar-refractivity contribution in [1.82, 2.24) is 20.0 Å². The van der Waals surface area contributed by atoms with E-state index in [2.05, 4.69) is 20.3 Å². The number of nitrogens with two attached hydrogens (primary N) is 1. The molecule has 0 saturated carbocycles. The van der Waals surface area contributed by atoms with Gasteiger partial charge in [-0.05, 0) is 74.0 Å². The number of likely N-dealkylation sites (N-methyl/N-ethyl adjacent to an activating group) is 1. The van der Waals surface area contributed by atoms with Gasteiger partial charge in [0, 0.05) is 55.3 Å². The Morgan fingerprint density at radius 2 is 1.72 bits per heavy atom. The molecule has 18 nitrogen and oxygen atoms in total. The number of hydrogen-bond acceptors (Lipinski definition) is 17. The SMILES string of the molecule is CC[C@@H]1OC(=O)[C@H](C)C(=O)[C@H](C)[C@@H](OC2O[C@H](C)C[C@H](N(C)C)[C@H]2O)[C@](C)(OC)C[C@@H](C)C(=O)[C@H](C)[C@H]2[C@H](/C(N)=N/O[C@H](C)c3cc(-c4ncccn4)on3)C(=O)O[C@@]21C. The van der Waals surface area contributed by atoms with E-state index in [1.165, 1.54) is 14.0 Å². The molecule has 3 N–H and O–H groups in total. The number of hydrogen-bond donors (Lipinski definition) is 2. The second-order valence-electron chi connectivity index (χ2n) is 17.2. The Bertz CT molecular complexity index is 1880. The highest BCUT2D eigenvalue weighted by molar-refractivity contribution is 6.03. The Morgan fingerprint density at radius 3 is 2.33 bits per heavy atom. The maximum atomic E-state index is 14.8. The minimum Gasteiger partial charge on any atom is -0.458 e. The summed E-state index contributed by atoms with van der Waals surface area (Å²) in [6.45, 7) is 15.1. The summed E-state index contributed by atoms with van der Waals surface area (Å²) in [5, 5.41) is 19.6. The Kier molecular flexibility index (Phi) is 14.6. The lowest BCUT2D eigenvalue weighted by atomic mass is 9.67. The van der Waals surface area contributed by atoms with Gasteiger partial charge in [-0.2, -0.15) is 0 Å². The van der Waals surface area contributed by atoms with Crippen LogP contribution >= 0.6 is 0 Å². The number of fused-ring (bicyclic) bond motifs is 1. The zero-order chi connectivity index (χ0) is 44.4. The largest absolute Gasteiger partial charge is 0.458 e. The molecule has 5 rings (SSSR count). The highest BCUT2D eigenvalue weighted by Gasteiger charge is 2.62. The molecule has 60 heavy (non-hydrogen) atoms. The van der Waals surface area contributed by atoms with Gasteiger partial charge in [-0.25, -0.2) is 9.97 Å². The summed E-state index contributed by atoms with van der Waals surface area (Å²) in [5.74, 6) is -8.41. The van der Waals surface area contributed by atoms with Crippen LogP contribution in [0, 0.1) is 35.5 Å². The average Bonchev–Trinajstić information content (AvgIpc) is 3.83. The number of esters is 2. The lowest BCUT2D eigenvalue weighted by molar-refractivity contribution is -0.295. The van der Waals surface area contributed by atoms with Crippen LogP contribution in [0.25, 0.3) is 11.6 Å². The van der Waals surface area contributed by atoms with E-state index in [4.69, 9.17) is 38.8 Å². The standard InChI is InChI=1S/C42H62N6O12/c1-13-29-42(9)31(30(39(53)58-42)36(43)47-59-25(7)26-18-28(60-46-26)37-44-15-14-16-45-37)22(4)32(49)20(2)19-41(8,54-12)35(23(5)33(50)24(6)38(52)56-29)57-40-34(51)27(48(10)11)17-21(3)55-40/h14-16,18,20-25,27,29-31,34-35,40,51H,13,17,19H2,1-12H3,(H2,43,47)/t20-,21-,22-,23+,24-,25-,27+,29+,30-,31+,34-,35-,40?,41-,42-/m1/s1. The molecule has 18 heteroatoms. The highest BCUT2D eigenvalue weighted by Crippen LogP contribution is 2.48. The molecule has 0 aliphatic carbocycles. The van der Waals surface area contributed by atoms with E-state index in [1.807, 2.05) is 25.9 Å². The van der Waals surface area contributed by atoms with Crippen molar-refractivity contribution < 1.29 is 57.3 Å². The van der Waals surface area contributed by atoms with E-state index in [0.717, 1.165) is 0 Å². The van der Waals surface area contributed by atoms with Gasteiger partial charge >= 0.3 is 11.9 Å². The molecule has 3 aliphatic heterocycles. The fourth-order valence-corrected chi connectivity index (χ4v) is 9.21. The number of carbonyl (C=O) groups excluding carboxylic acids is 4. The molecule has 1 unspecified atom stereocenters. The van der Waals surface area contributed by atoms with Crippen molar-refractivity contribution in [2.75, 3.05) is 21.2 Å². The summed E-state index contributed by atoms with van der Waals surface area (Å²) in [6.07, 6.45) is -1.69. The number of oxime groups is 1. The van der Waals surface area contributed by atoms with Crippen molar-refractivity contribution in [2.24, 2.45) is 46.4 Å². The Hall–Kier alpha value is -4.36. The average molecular weight is 843 g/mol. The molecule has 0 amide bonds. The van der Waals surface area contributed by atoms with E-state index in [-0.39, 0.29) is 36.6 Å². The number of cyclic esters (lactones) is 1. The molecule has 0 spiro atoms. The van der Waals surface area contributed by atoms with Crippen LogP contribution in [0.15, 0.2) is 34.2 Å². The number of methoxy groups -OCH3 is 1. The lowest BCUT2D eigenvalue weighted by Gasteiger charge is -2.47. The number of amidine groups is 1. The van der Waals surface area contributed by atoms with E-state index in [1.54, 1.807) is 73.0 Å². The quantitative estimate of drug-likeness (QED) is 0.114. The summed E-state index contributed by atoms with van der Waals surface area (Å²) in [4.78, 5) is 73.0. The second-order valence-corrected chi connectivity index (χ2v) is 17.2. The normalized spacial score (nSPS) is 37.9. The number of aromatic nitrogens is 3. The summed E-state index contributed by atoms with van der Waals surface area (Å²) >= 11 is 0. The molecule has 2 aromatic rings. The molecule has 0 bridgehead atoms. The van der Waals surface area contributed by atoms with Gasteiger partial charge in [-0.15, -0.1) is 0 Å². The van der Waals surface area contributed by atoms with Gasteiger partial charge < -0.3 is 48.8 Å². The van der Waals surface area contributed by atoms with Gasteiger partial charge in [0.25, 0.3) is 0 Å². The van der Waals surface area contributed by atoms with Crippen LogP contribution in [0.1, 0.15) is 93.4 Å². The zero-order valence-electron chi connectivity index (χ0n) is 36.7. The van der Waals surface area contributed by atoms with Gasteiger partial charge in [0.05, 0.1) is 17.8 Å². The van der Waals surface area contributed by atoms with Crippen LogP contribution in [0.2, 0.25) is 0 Å². The third-order valence-electron chi connectivity index (χ3n) is 12.7. The molecule has 5 heterocycles. The molecule has 3 aliphatic rings. The van der Waals surface area contributed by atoms with Gasteiger partial charge in [0.2, 0.25) is 5.76 Å². The van der Waals surface area contributed by atoms with Crippen molar-refractivity contribution in [3.8, 4) is 11.6 Å². The molecule has 0 radical (unpaired) electrons. The fourth-order valence-electron chi connectivity index (χ4n) is 9.21. The number of aliphatic hydroxyl groups is 1. The molecule has 15 atom stereocenters. The molecule has 332 valence electrons. The van der Waals surface area contributed by atoms with Crippen molar-refractivity contribution in [1.29, 1.82) is 0 Å². The highest BCUT2D eigenvalue weighted by atomic mass is 16.7. The molecule has 0 aromatic carbocycles. The van der Waals surface area contributed by atoms with Gasteiger partial charge in [0.15, 0.2) is 35.4 Å². The van der Waals surface area contributed by atoms with E-state index in [0.29, 0.717) is 23.7 Å². The first kappa shape index (κ1) is 46.7. The van der Waals surface area contributed by atoms with Gasteiger partial charge in [-0.3, -0.25) is 19.2 Å². The van der Waals surface area contributed by atoms with E-state index >= 15 is 0 Å². The zero-order valence-corrected chi connectivity index (χ0v) is 36.7. The maximum absolute atomic E-state index is 14.8. The monoisotopic (exact) mass is 842 g/mol. The third kappa shape index (κ3) is 9.27. The fraction of sp³-hybridized carbons (Fsp3) is 0.714. The minimum absolute atomic E-state index is 0.0429. The molecule has 2 aromatic heterocycles. The van der Waals surface area contributed by atoms with Crippen LogP contribution in [0.5, 0.6) is 0 Å². The third-order valence-corrected chi connectivity index (χ3v) is 12.7. The predicted octanol–water partition coefficient (Wildman–Crippen LogP) is 3.65. The van der Waals surface area contributed by atoms with Crippen LogP contribution in [0.4, 0.5) is 0 Å². The van der Waals surface area contributed by atoms with Crippen LogP contribution in [-0.4, -0.2) is 124 Å². The summed E-state index contributed by atoms with van der Waals surface area (Å²) in [5.41, 5.74) is 3.99. The number of rotatable bonds is 10. The van der Waals surface area contributed by atoms with Crippen molar-refractivity contribution in [3.05, 3.63) is 30.2 Å². The van der Waals surface area contributed by atoms with Crippen LogP contribution in [-0.2, 0) is 47.7 Å². The molecular formula is C42H62N6O12. The number of carbonyl (C=O) groups is 4. The predicted molar refractivity (Wildman–Crippen MR) is 214 cm³/mol. The number of Topliss-reactive ketones (excluding diaryl/α,β-unsaturated/α-hetero) is 2. The summed E-state index contributed by atoms with van der Waals surface area (Å²) in [7, 11) is 5.15. The first-order chi connectivity index (χ1) is 28.2. The smallest absolute Gasteiger partial charge is 0.317 e. The first-order valence-corrected chi connectivity index (χ1v) is 20.6. The number of aliphatic hydroxyl groups excluding tert-OH is 1. The van der Waals surface area contributed by atoms with E-state index < -0.39 is 95.1 Å². The number of ketones is 2. The Balaban J connectivity index is 1.51. The molecule has 3 fully saturated rings. The Labute approximate surface area is 351 Å². The number of nitrogens with zero attached hydrogens (tertiary/aromatic N) is 5. The number of ether oxygens (including phenoxy) is 5. The van der Waals surface area contributed by atoms with Crippen LogP contribution in [0.3, 0.4) is 0 Å². The topological polar surface area (TPSA) is 237 Å². The van der Waals surface area contributed by atoms with E-state index in [9.17, 15) is 24.3 Å². The molecular weight excluding hydrogens is 780 g/mol. The maximum Gasteiger partial charge on any atom is 0.317 e. The van der Waals surface area contributed by atoms with Gasteiger partial charge in [-0.1, -0.05) is 38.0 Å². The van der Waals surface area contributed by atoms with Crippen molar-refractivity contribution in [2.45, 2.75) is 136 Å².